The Bertz CT molecular complexity index is 357. The van der Waals surface area contributed by atoms with Gasteiger partial charge in [0, 0.05) is 22.2 Å². The molecule has 0 N–H and O–H groups in total. The Morgan fingerprint density at radius 3 is 1.00 bits per heavy atom. The van der Waals surface area contributed by atoms with Crippen LogP contribution < -0.4 is 0 Å². The highest BCUT2D eigenvalue weighted by atomic mass is 15.4. The normalized spacial score (nSPS) is 32.1. The fourth-order valence-electron chi connectivity index (χ4n) is 6.54. The van der Waals surface area contributed by atoms with Crippen molar-refractivity contribution in [1.29, 1.82) is 0 Å². The molecule has 2 heterocycles. The second kappa shape index (κ2) is 5.73. The van der Waals surface area contributed by atoms with Crippen LogP contribution in [0.3, 0.4) is 0 Å². The molecule has 136 valence electrons. The van der Waals surface area contributed by atoms with Gasteiger partial charge in [0.25, 0.3) is 0 Å². The van der Waals surface area contributed by atoms with E-state index in [9.17, 15) is 0 Å². The Hall–Kier alpha value is -0.0800. The molecule has 2 aliphatic heterocycles. The maximum absolute atomic E-state index is 2.81. The monoisotopic (exact) mass is 322 g/mol. The molecule has 2 rings (SSSR count). The minimum Gasteiger partial charge on any atom is -0.280 e. The summed E-state index contributed by atoms with van der Waals surface area (Å²) in [6.07, 6.45) is 5.23. The van der Waals surface area contributed by atoms with Crippen LogP contribution in [0.5, 0.6) is 0 Å². The van der Waals surface area contributed by atoms with E-state index in [1.54, 1.807) is 0 Å². The van der Waals surface area contributed by atoms with E-state index in [1.807, 2.05) is 0 Å². The molecule has 2 saturated heterocycles. The molecule has 0 saturated carbocycles. The second-order valence-corrected chi connectivity index (χ2v) is 11.3. The Morgan fingerprint density at radius 1 is 0.565 bits per heavy atom. The highest BCUT2D eigenvalue weighted by Crippen LogP contribution is 2.46. The van der Waals surface area contributed by atoms with Gasteiger partial charge >= 0.3 is 0 Å². The Balaban J connectivity index is 2.31. The molecule has 2 aliphatic rings. The number of likely N-dealkylation sites (tertiary alicyclic amines) is 2. The molecular weight excluding hydrogens is 280 g/mol. The topological polar surface area (TPSA) is 6.48 Å². The van der Waals surface area contributed by atoms with Crippen LogP contribution in [0.1, 0.15) is 94.9 Å². The summed E-state index contributed by atoms with van der Waals surface area (Å²) in [5.41, 5.74) is 1.10. The van der Waals surface area contributed by atoms with Gasteiger partial charge in [-0.1, -0.05) is 13.8 Å². The van der Waals surface area contributed by atoms with E-state index in [-0.39, 0.29) is 22.2 Å². The summed E-state index contributed by atoms with van der Waals surface area (Å²) in [7, 11) is 0. The fourth-order valence-corrected chi connectivity index (χ4v) is 6.54. The van der Waals surface area contributed by atoms with Crippen molar-refractivity contribution in [1.82, 2.24) is 9.80 Å². The van der Waals surface area contributed by atoms with Crippen molar-refractivity contribution < 1.29 is 0 Å². The van der Waals surface area contributed by atoms with E-state index in [4.69, 9.17) is 0 Å². The summed E-state index contributed by atoms with van der Waals surface area (Å²) in [5.74, 6) is 1.64. The number of hydrogen-bond acceptors (Lipinski definition) is 2. The molecule has 0 spiro atoms. The highest BCUT2D eigenvalue weighted by molar-refractivity contribution is 5.04. The zero-order valence-electron chi connectivity index (χ0n) is 17.6. The molecule has 0 amide bonds. The van der Waals surface area contributed by atoms with Gasteiger partial charge < -0.3 is 0 Å². The van der Waals surface area contributed by atoms with E-state index in [1.165, 1.54) is 25.7 Å². The van der Waals surface area contributed by atoms with Crippen molar-refractivity contribution >= 4 is 0 Å². The average Bonchev–Trinajstić information content (AvgIpc) is 2.19. The first-order chi connectivity index (χ1) is 10.2. The summed E-state index contributed by atoms with van der Waals surface area (Å²) in [6, 6.07) is 0. The summed E-state index contributed by atoms with van der Waals surface area (Å²) < 4.78 is 0. The Kier molecular flexibility index (Phi) is 4.79. The number of hydrogen-bond donors (Lipinski definition) is 0. The number of rotatable bonds is 2. The van der Waals surface area contributed by atoms with Gasteiger partial charge in [-0.25, -0.2) is 0 Å². The van der Waals surface area contributed by atoms with E-state index >= 15 is 0 Å². The number of piperidine rings is 2. The average molecular weight is 323 g/mol. The van der Waals surface area contributed by atoms with Gasteiger partial charge in [0.1, 0.15) is 0 Å². The van der Waals surface area contributed by atoms with Crippen LogP contribution in [0.4, 0.5) is 0 Å². The van der Waals surface area contributed by atoms with Crippen LogP contribution in [0, 0.1) is 11.8 Å². The van der Waals surface area contributed by atoms with Crippen LogP contribution in [-0.2, 0) is 0 Å². The van der Waals surface area contributed by atoms with Crippen LogP contribution in [0.2, 0.25) is 0 Å². The SMILES string of the molecule is CC1CC(C)(C)N(CN2C(C)(C)CC(C)CC2(C)C)C(C)(C)C1. The van der Waals surface area contributed by atoms with Gasteiger partial charge in [-0.2, -0.15) is 0 Å². The summed E-state index contributed by atoms with van der Waals surface area (Å²) in [4.78, 5) is 5.61. The maximum atomic E-state index is 2.81. The first-order valence-electron chi connectivity index (χ1n) is 9.73. The standard InChI is InChI=1S/C21H42N2/c1-16-11-18(3,4)22(19(5,6)12-16)15-23-20(7,8)13-17(2)14-21(23,9)10/h16-17H,11-15H2,1-10H3. The molecule has 2 heteroatoms. The smallest absolute Gasteiger partial charge is 0.0526 e. The lowest BCUT2D eigenvalue weighted by Gasteiger charge is -2.62. The van der Waals surface area contributed by atoms with Crippen LogP contribution in [0.25, 0.3) is 0 Å². The lowest BCUT2D eigenvalue weighted by molar-refractivity contribution is -0.143. The second-order valence-electron chi connectivity index (χ2n) is 11.3. The molecule has 0 unspecified atom stereocenters. The molecular formula is C21H42N2. The van der Waals surface area contributed by atoms with Gasteiger partial charge in [0.05, 0.1) is 6.67 Å². The molecule has 0 aliphatic carbocycles. The Morgan fingerprint density at radius 2 is 0.783 bits per heavy atom. The lowest BCUT2D eigenvalue weighted by atomic mass is 9.72. The van der Waals surface area contributed by atoms with Crippen molar-refractivity contribution in [3.63, 3.8) is 0 Å². The molecule has 2 fully saturated rings. The minimum absolute atomic E-state index is 0.274. The van der Waals surface area contributed by atoms with E-state index in [2.05, 4.69) is 79.0 Å². The predicted octanol–water partition coefficient (Wildman–Crippen LogP) is 5.52. The lowest BCUT2D eigenvalue weighted by Crippen LogP contribution is -2.69. The van der Waals surface area contributed by atoms with Crippen molar-refractivity contribution in [2.75, 3.05) is 6.67 Å². The molecule has 0 aromatic carbocycles. The zero-order chi connectivity index (χ0) is 17.8. The molecule has 0 atom stereocenters. The van der Waals surface area contributed by atoms with Crippen LogP contribution in [0.15, 0.2) is 0 Å². The van der Waals surface area contributed by atoms with Gasteiger partial charge in [0.2, 0.25) is 0 Å². The summed E-state index contributed by atoms with van der Waals surface area (Å²) in [5, 5.41) is 0. The maximum Gasteiger partial charge on any atom is 0.0526 e. The van der Waals surface area contributed by atoms with Crippen molar-refractivity contribution in [2.45, 2.75) is 117 Å². The van der Waals surface area contributed by atoms with Gasteiger partial charge in [-0.05, 0) is 92.9 Å². The van der Waals surface area contributed by atoms with E-state index in [0.717, 1.165) is 18.5 Å². The van der Waals surface area contributed by atoms with Crippen molar-refractivity contribution in [3.8, 4) is 0 Å². The summed E-state index contributed by atoms with van der Waals surface area (Å²) >= 11 is 0. The number of nitrogens with zero attached hydrogens (tertiary/aromatic N) is 2. The van der Waals surface area contributed by atoms with Gasteiger partial charge in [0.15, 0.2) is 0 Å². The third-order valence-corrected chi connectivity index (χ3v) is 6.60. The highest BCUT2D eigenvalue weighted by Gasteiger charge is 2.49. The molecule has 0 radical (unpaired) electrons. The molecule has 2 nitrogen and oxygen atoms in total. The Labute approximate surface area is 146 Å². The zero-order valence-corrected chi connectivity index (χ0v) is 17.6. The molecule has 0 aromatic heterocycles. The van der Waals surface area contributed by atoms with Crippen molar-refractivity contribution in [3.05, 3.63) is 0 Å². The van der Waals surface area contributed by atoms with Crippen molar-refractivity contribution in [2.24, 2.45) is 11.8 Å². The fraction of sp³-hybridized carbons (Fsp3) is 1.00. The van der Waals surface area contributed by atoms with Gasteiger partial charge in [-0.15, -0.1) is 0 Å². The van der Waals surface area contributed by atoms with Crippen LogP contribution >= 0.6 is 0 Å². The quantitative estimate of drug-likeness (QED) is 0.660. The minimum atomic E-state index is 0.274. The van der Waals surface area contributed by atoms with Gasteiger partial charge in [-0.3, -0.25) is 9.80 Å². The first kappa shape index (κ1) is 19.2. The molecule has 23 heavy (non-hydrogen) atoms. The van der Waals surface area contributed by atoms with E-state index < -0.39 is 0 Å². The summed E-state index contributed by atoms with van der Waals surface area (Å²) in [6.45, 7) is 25.6. The first-order valence-corrected chi connectivity index (χ1v) is 9.73. The molecule has 0 bridgehead atoms. The third-order valence-electron chi connectivity index (χ3n) is 6.60. The third kappa shape index (κ3) is 3.79. The molecule has 0 aromatic rings. The predicted molar refractivity (Wildman–Crippen MR) is 102 cm³/mol. The largest absolute Gasteiger partial charge is 0.280 e. The van der Waals surface area contributed by atoms with Crippen LogP contribution in [-0.4, -0.2) is 38.6 Å². The van der Waals surface area contributed by atoms with E-state index in [0.29, 0.717) is 0 Å².